The molecule has 0 aromatic carbocycles. The number of unbranched alkanes of at least 4 members (excludes halogenated alkanes) is 4. The number of hydrogen-bond donors (Lipinski definition) is 1. The van der Waals surface area contributed by atoms with Crippen molar-refractivity contribution in [1.29, 1.82) is 0 Å². The maximum Gasteiger partial charge on any atom is 0.0416 e. The van der Waals surface area contributed by atoms with Gasteiger partial charge in [-0.3, -0.25) is 9.88 Å². The first-order chi connectivity index (χ1) is 10.1. The average molecular weight is 291 g/mol. The molecule has 1 unspecified atom stereocenters. The van der Waals surface area contributed by atoms with Crippen molar-refractivity contribution in [3.63, 3.8) is 0 Å². The van der Waals surface area contributed by atoms with E-state index in [1.54, 1.807) is 0 Å². The first-order valence-corrected chi connectivity index (χ1v) is 8.43. The molecule has 2 N–H and O–H groups in total. The zero-order valence-corrected chi connectivity index (χ0v) is 14.1. The molecule has 3 nitrogen and oxygen atoms in total. The molecule has 0 saturated heterocycles. The van der Waals surface area contributed by atoms with Crippen molar-refractivity contribution in [2.45, 2.75) is 64.3 Å². The van der Waals surface area contributed by atoms with E-state index in [4.69, 9.17) is 5.73 Å². The van der Waals surface area contributed by atoms with Gasteiger partial charge in [0.2, 0.25) is 0 Å². The van der Waals surface area contributed by atoms with Crippen molar-refractivity contribution >= 4 is 0 Å². The molecular weight excluding hydrogens is 258 g/mol. The van der Waals surface area contributed by atoms with Crippen LogP contribution in [0, 0.1) is 0 Å². The van der Waals surface area contributed by atoms with E-state index in [0.29, 0.717) is 0 Å². The highest BCUT2D eigenvalue weighted by Crippen LogP contribution is 2.21. The van der Waals surface area contributed by atoms with Crippen LogP contribution in [0.5, 0.6) is 0 Å². The van der Waals surface area contributed by atoms with Gasteiger partial charge in [-0.1, -0.05) is 45.1 Å². The highest BCUT2D eigenvalue weighted by Gasteiger charge is 2.26. The molecule has 21 heavy (non-hydrogen) atoms. The molecule has 1 atom stereocenters. The summed E-state index contributed by atoms with van der Waals surface area (Å²) in [6.45, 7) is 6.29. The van der Waals surface area contributed by atoms with Crippen LogP contribution in [0.3, 0.4) is 0 Å². The second-order valence-corrected chi connectivity index (χ2v) is 6.36. The van der Waals surface area contributed by atoms with Crippen LogP contribution in [0.4, 0.5) is 0 Å². The van der Waals surface area contributed by atoms with Crippen molar-refractivity contribution in [2.24, 2.45) is 5.73 Å². The van der Waals surface area contributed by atoms with E-state index in [9.17, 15) is 0 Å². The maximum atomic E-state index is 6.06. The van der Waals surface area contributed by atoms with Gasteiger partial charge < -0.3 is 5.73 Å². The number of nitrogens with two attached hydrogens (primary N) is 1. The summed E-state index contributed by atoms with van der Waals surface area (Å²) in [6, 6.07) is 6.12. The van der Waals surface area contributed by atoms with Gasteiger partial charge in [0, 0.05) is 36.9 Å². The summed E-state index contributed by atoms with van der Waals surface area (Å²) in [5, 5.41) is 0. The number of nitrogens with zero attached hydrogens (tertiary/aromatic N) is 2. The fraction of sp³-hybridized carbons (Fsp3) is 0.722. The van der Waals surface area contributed by atoms with Gasteiger partial charge in [-0.25, -0.2) is 0 Å². The number of aromatic nitrogens is 1. The summed E-state index contributed by atoms with van der Waals surface area (Å²) in [7, 11) is 2.20. The Balaban J connectivity index is 2.37. The monoisotopic (exact) mass is 291 g/mol. The Labute approximate surface area is 130 Å². The lowest BCUT2D eigenvalue weighted by Crippen LogP contribution is -2.50. The Bertz CT molecular complexity index is 366. The third-order valence-electron chi connectivity index (χ3n) is 4.61. The Kier molecular flexibility index (Phi) is 8.55. The minimum absolute atomic E-state index is 0.112. The zero-order valence-electron chi connectivity index (χ0n) is 14.1. The van der Waals surface area contributed by atoms with Gasteiger partial charge in [-0.05, 0) is 32.5 Å². The van der Waals surface area contributed by atoms with E-state index in [1.165, 1.54) is 38.5 Å². The third-order valence-corrected chi connectivity index (χ3v) is 4.61. The van der Waals surface area contributed by atoms with E-state index in [1.807, 2.05) is 12.3 Å². The molecule has 1 aromatic rings. The summed E-state index contributed by atoms with van der Waals surface area (Å²) in [6.07, 6.45) is 10.7. The topological polar surface area (TPSA) is 42.1 Å². The van der Waals surface area contributed by atoms with Crippen LogP contribution in [0.2, 0.25) is 0 Å². The second-order valence-electron chi connectivity index (χ2n) is 6.36. The molecule has 0 spiro atoms. The molecule has 0 aliphatic heterocycles. The molecule has 0 fully saturated rings. The van der Waals surface area contributed by atoms with E-state index < -0.39 is 0 Å². The van der Waals surface area contributed by atoms with Crippen LogP contribution in [0.15, 0.2) is 24.4 Å². The molecule has 0 saturated carbocycles. The van der Waals surface area contributed by atoms with Gasteiger partial charge in [-0.2, -0.15) is 0 Å². The number of hydrogen-bond acceptors (Lipinski definition) is 3. The molecular formula is C18H33N3. The van der Waals surface area contributed by atoms with Crippen LogP contribution < -0.4 is 5.73 Å². The van der Waals surface area contributed by atoms with Gasteiger partial charge in [0.25, 0.3) is 0 Å². The highest BCUT2D eigenvalue weighted by atomic mass is 15.2. The van der Waals surface area contributed by atoms with E-state index in [0.717, 1.165) is 25.2 Å². The molecule has 0 amide bonds. The Morgan fingerprint density at radius 3 is 2.57 bits per heavy atom. The highest BCUT2D eigenvalue weighted by molar-refractivity contribution is 5.04. The summed E-state index contributed by atoms with van der Waals surface area (Å²) in [4.78, 5) is 6.81. The van der Waals surface area contributed by atoms with Gasteiger partial charge in [0.05, 0.1) is 0 Å². The lowest BCUT2D eigenvalue weighted by Gasteiger charge is -2.38. The van der Waals surface area contributed by atoms with Gasteiger partial charge in [0.1, 0.15) is 0 Å². The predicted octanol–water partition coefficient (Wildman–Crippen LogP) is 3.63. The Morgan fingerprint density at radius 2 is 1.95 bits per heavy atom. The second kappa shape index (κ2) is 9.91. The van der Waals surface area contributed by atoms with Crippen LogP contribution in [-0.4, -0.2) is 35.6 Å². The zero-order chi connectivity index (χ0) is 15.6. The fourth-order valence-corrected chi connectivity index (χ4v) is 2.66. The quantitative estimate of drug-likeness (QED) is 0.633. The van der Waals surface area contributed by atoms with Crippen molar-refractivity contribution in [1.82, 2.24) is 9.88 Å². The van der Waals surface area contributed by atoms with Gasteiger partial charge in [0.15, 0.2) is 0 Å². The van der Waals surface area contributed by atoms with E-state index in [-0.39, 0.29) is 5.54 Å². The van der Waals surface area contributed by atoms with Crippen molar-refractivity contribution in [3.8, 4) is 0 Å². The number of pyridine rings is 1. The van der Waals surface area contributed by atoms with Crippen LogP contribution in [0.1, 0.15) is 58.1 Å². The molecule has 0 aliphatic rings. The minimum atomic E-state index is 0.112. The van der Waals surface area contributed by atoms with Crippen LogP contribution in [0.25, 0.3) is 0 Å². The lowest BCUT2D eigenvalue weighted by atomic mass is 9.92. The van der Waals surface area contributed by atoms with E-state index in [2.05, 4.69) is 42.9 Å². The Hall–Kier alpha value is -0.930. The van der Waals surface area contributed by atoms with Crippen molar-refractivity contribution in [3.05, 3.63) is 30.1 Å². The first kappa shape index (κ1) is 18.1. The third kappa shape index (κ3) is 6.58. The standard InChI is InChI=1S/C18H33N3/c1-4-5-6-7-9-13-18(2,16-19)21(3)15-12-17-11-8-10-14-20-17/h8,10-11,14H,4-7,9,12-13,15-16,19H2,1-3H3. The summed E-state index contributed by atoms with van der Waals surface area (Å²) in [5.74, 6) is 0. The van der Waals surface area contributed by atoms with Gasteiger partial charge >= 0.3 is 0 Å². The maximum absolute atomic E-state index is 6.06. The summed E-state index contributed by atoms with van der Waals surface area (Å²) < 4.78 is 0. The molecule has 0 aliphatic carbocycles. The normalized spacial score (nSPS) is 14.3. The molecule has 0 radical (unpaired) electrons. The van der Waals surface area contributed by atoms with Crippen LogP contribution >= 0.6 is 0 Å². The molecule has 1 aromatic heterocycles. The SMILES string of the molecule is CCCCCCCC(C)(CN)N(C)CCc1ccccn1. The Morgan fingerprint density at radius 1 is 1.19 bits per heavy atom. The molecule has 1 heterocycles. The number of rotatable bonds is 11. The molecule has 0 bridgehead atoms. The fourth-order valence-electron chi connectivity index (χ4n) is 2.66. The first-order valence-electron chi connectivity index (χ1n) is 8.43. The summed E-state index contributed by atoms with van der Waals surface area (Å²) >= 11 is 0. The smallest absolute Gasteiger partial charge is 0.0416 e. The largest absolute Gasteiger partial charge is 0.329 e. The van der Waals surface area contributed by atoms with Crippen molar-refractivity contribution < 1.29 is 0 Å². The van der Waals surface area contributed by atoms with Crippen molar-refractivity contribution in [2.75, 3.05) is 20.1 Å². The molecule has 1 rings (SSSR count). The molecule has 3 heteroatoms. The minimum Gasteiger partial charge on any atom is -0.329 e. The van der Waals surface area contributed by atoms with Gasteiger partial charge in [-0.15, -0.1) is 0 Å². The average Bonchev–Trinajstić information content (AvgIpc) is 2.53. The number of likely N-dealkylation sites (N-methyl/N-ethyl adjacent to an activating group) is 1. The van der Waals surface area contributed by atoms with E-state index >= 15 is 0 Å². The molecule has 120 valence electrons. The lowest BCUT2D eigenvalue weighted by molar-refractivity contribution is 0.131. The summed E-state index contributed by atoms with van der Waals surface area (Å²) in [5.41, 5.74) is 7.33. The van der Waals surface area contributed by atoms with Crippen LogP contribution in [-0.2, 0) is 6.42 Å². The predicted molar refractivity (Wildman–Crippen MR) is 91.4 cm³/mol.